The lowest BCUT2D eigenvalue weighted by Gasteiger charge is -2.13. The van der Waals surface area contributed by atoms with E-state index in [-0.39, 0.29) is 19.0 Å². The molecule has 6 nitrogen and oxygen atoms in total. The van der Waals surface area contributed by atoms with Crippen LogP contribution in [0.5, 0.6) is 0 Å². The molecule has 0 saturated carbocycles. The van der Waals surface area contributed by atoms with E-state index >= 15 is 0 Å². The van der Waals surface area contributed by atoms with E-state index in [0.29, 0.717) is 29.2 Å². The predicted octanol–water partition coefficient (Wildman–Crippen LogP) is 4.51. The molecule has 0 aliphatic heterocycles. The molecule has 2 heterocycles. The van der Waals surface area contributed by atoms with Crippen molar-refractivity contribution in [2.75, 3.05) is 0 Å². The van der Waals surface area contributed by atoms with Crippen LogP contribution in [0.3, 0.4) is 0 Å². The minimum absolute atomic E-state index is 0.0309. The van der Waals surface area contributed by atoms with Gasteiger partial charge in [-0.05, 0) is 56.4 Å². The largest absolute Gasteiger partial charge is 0.461 e. The maximum atomic E-state index is 12.2. The van der Waals surface area contributed by atoms with Crippen molar-refractivity contribution in [2.24, 2.45) is 0 Å². The van der Waals surface area contributed by atoms with Gasteiger partial charge in [0.05, 0.1) is 5.69 Å². The number of ether oxygens (including phenoxy) is 1. The van der Waals surface area contributed by atoms with E-state index in [4.69, 9.17) is 13.7 Å². The summed E-state index contributed by atoms with van der Waals surface area (Å²) in [7, 11) is 0. The van der Waals surface area contributed by atoms with Gasteiger partial charge in [-0.25, -0.2) is 4.79 Å². The van der Waals surface area contributed by atoms with Gasteiger partial charge in [-0.3, -0.25) is 4.79 Å². The van der Waals surface area contributed by atoms with E-state index in [1.165, 1.54) is 11.6 Å². The Morgan fingerprint density at radius 1 is 1.18 bits per heavy atom. The summed E-state index contributed by atoms with van der Waals surface area (Å²) in [5.74, 6) is 0.716. The van der Waals surface area contributed by atoms with E-state index < -0.39 is 5.63 Å². The fraction of sp³-hybridized carbons (Fsp3) is 0.409. The zero-order chi connectivity index (χ0) is 20.4. The average molecular weight is 383 g/mol. The van der Waals surface area contributed by atoms with Crippen LogP contribution >= 0.6 is 0 Å². The summed E-state index contributed by atoms with van der Waals surface area (Å²) in [5.41, 5.74) is 4.67. The van der Waals surface area contributed by atoms with Crippen LogP contribution in [-0.4, -0.2) is 11.1 Å². The Morgan fingerprint density at radius 3 is 2.57 bits per heavy atom. The maximum absolute atomic E-state index is 12.2. The van der Waals surface area contributed by atoms with Crippen LogP contribution in [0.2, 0.25) is 0 Å². The van der Waals surface area contributed by atoms with Crippen molar-refractivity contribution in [3.63, 3.8) is 0 Å². The first-order chi connectivity index (χ1) is 13.3. The quantitative estimate of drug-likeness (QED) is 0.460. The lowest BCUT2D eigenvalue weighted by molar-refractivity contribution is -0.144. The number of esters is 1. The van der Waals surface area contributed by atoms with E-state index in [2.05, 4.69) is 19.0 Å². The number of hydrogen-bond acceptors (Lipinski definition) is 6. The van der Waals surface area contributed by atoms with Gasteiger partial charge < -0.3 is 13.7 Å². The fourth-order valence-electron chi connectivity index (χ4n) is 3.45. The number of aryl methyl sites for hydroxylation is 3. The molecule has 0 spiro atoms. The van der Waals surface area contributed by atoms with E-state index in [1.54, 1.807) is 0 Å². The second-order valence-corrected chi connectivity index (χ2v) is 7.41. The Morgan fingerprint density at radius 2 is 1.93 bits per heavy atom. The normalized spacial score (nSPS) is 11.4. The van der Waals surface area contributed by atoms with Gasteiger partial charge in [0.25, 0.3) is 0 Å². The lowest BCUT2D eigenvalue weighted by atomic mass is 9.95. The molecule has 0 amide bonds. The lowest BCUT2D eigenvalue weighted by Crippen LogP contribution is -2.09. The molecule has 0 saturated heterocycles. The van der Waals surface area contributed by atoms with Gasteiger partial charge in [-0.1, -0.05) is 19.0 Å². The van der Waals surface area contributed by atoms with Crippen LogP contribution in [0.25, 0.3) is 11.0 Å². The van der Waals surface area contributed by atoms with Gasteiger partial charge in [0.1, 0.15) is 18.0 Å². The molecule has 0 aliphatic carbocycles. The van der Waals surface area contributed by atoms with E-state index in [0.717, 1.165) is 22.2 Å². The van der Waals surface area contributed by atoms with Crippen LogP contribution in [-0.2, 0) is 22.6 Å². The molecular formula is C22H25NO5. The SMILES string of the molecule is Cc1cc2oc(=O)cc(COC(=O)CCc3c(C)noc3C)c2cc1C(C)C. The van der Waals surface area contributed by atoms with Crippen molar-refractivity contribution in [3.05, 3.63) is 62.3 Å². The molecule has 3 rings (SSSR count). The number of hydrogen-bond donors (Lipinski definition) is 0. The topological polar surface area (TPSA) is 82.5 Å². The second kappa shape index (κ2) is 8.00. The first kappa shape index (κ1) is 19.9. The second-order valence-electron chi connectivity index (χ2n) is 7.41. The highest BCUT2D eigenvalue weighted by Gasteiger charge is 2.15. The first-order valence-electron chi connectivity index (χ1n) is 9.41. The molecule has 28 heavy (non-hydrogen) atoms. The van der Waals surface area contributed by atoms with Crippen LogP contribution in [0.1, 0.15) is 59.9 Å². The Balaban J connectivity index is 1.77. The minimum atomic E-state index is -0.453. The van der Waals surface area contributed by atoms with Gasteiger partial charge in [0.15, 0.2) is 0 Å². The number of benzene rings is 1. The zero-order valence-electron chi connectivity index (χ0n) is 16.9. The molecule has 0 aliphatic rings. The predicted molar refractivity (Wildman–Crippen MR) is 105 cm³/mol. The molecule has 3 aromatic rings. The van der Waals surface area contributed by atoms with Gasteiger partial charge in [0, 0.05) is 29.0 Å². The third-order valence-electron chi connectivity index (χ3n) is 4.99. The van der Waals surface area contributed by atoms with Gasteiger partial charge in [-0.15, -0.1) is 0 Å². The van der Waals surface area contributed by atoms with Crippen LogP contribution in [0, 0.1) is 20.8 Å². The molecular weight excluding hydrogens is 358 g/mol. The standard InChI is InChI=1S/C22H25NO5/c1-12(2)18-10-19-16(9-22(25)27-20(19)8-13(18)3)11-26-21(24)7-6-17-14(4)23-28-15(17)5/h8-10,12H,6-7,11H2,1-5H3. The molecule has 0 atom stereocenters. The molecule has 6 heteroatoms. The van der Waals surface area contributed by atoms with Crippen molar-refractivity contribution < 1.29 is 18.5 Å². The molecule has 0 unspecified atom stereocenters. The van der Waals surface area contributed by atoms with Crippen LogP contribution in [0.15, 0.2) is 31.9 Å². The van der Waals surface area contributed by atoms with Crippen molar-refractivity contribution >= 4 is 16.9 Å². The van der Waals surface area contributed by atoms with Gasteiger partial charge >= 0.3 is 11.6 Å². The monoisotopic (exact) mass is 383 g/mol. The maximum Gasteiger partial charge on any atom is 0.336 e. The number of aromatic nitrogens is 1. The molecule has 1 aromatic carbocycles. The summed E-state index contributed by atoms with van der Waals surface area (Å²) in [6.07, 6.45) is 0.729. The van der Waals surface area contributed by atoms with Crippen molar-refractivity contribution in [1.29, 1.82) is 0 Å². The van der Waals surface area contributed by atoms with Crippen LogP contribution < -0.4 is 5.63 Å². The number of fused-ring (bicyclic) bond motifs is 1. The zero-order valence-corrected chi connectivity index (χ0v) is 16.9. The van der Waals surface area contributed by atoms with Crippen molar-refractivity contribution in [3.8, 4) is 0 Å². The highest BCUT2D eigenvalue weighted by atomic mass is 16.5. The first-order valence-corrected chi connectivity index (χ1v) is 9.41. The van der Waals surface area contributed by atoms with Gasteiger partial charge in [-0.2, -0.15) is 0 Å². The van der Waals surface area contributed by atoms with E-state index in [1.807, 2.05) is 32.9 Å². The highest BCUT2D eigenvalue weighted by Crippen LogP contribution is 2.27. The molecule has 0 fully saturated rings. The van der Waals surface area contributed by atoms with Crippen molar-refractivity contribution in [2.45, 2.75) is 60.0 Å². The molecule has 2 aromatic heterocycles. The Hall–Kier alpha value is -2.89. The number of carbonyl (C=O) groups is 1. The van der Waals surface area contributed by atoms with Crippen LogP contribution in [0.4, 0.5) is 0 Å². The summed E-state index contributed by atoms with van der Waals surface area (Å²) in [6, 6.07) is 5.28. The molecule has 148 valence electrons. The molecule has 0 bridgehead atoms. The number of nitrogens with zero attached hydrogens (tertiary/aromatic N) is 1. The number of rotatable bonds is 6. The highest BCUT2D eigenvalue weighted by molar-refractivity contribution is 5.82. The number of carbonyl (C=O) groups excluding carboxylic acids is 1. The summed E-state index contributed by atoms with van der Waals surface area (Å²) in [6.45, 7) is 9.92. The Labute approximate surface area is 163 Å². The summed E-state index contributed by atoms with van der Waals surface area (Å²) in [4.78, 5) is 24.1. The fourth-order valence-corrected chi connectivity index (χ4v) is 3.45. The molecule has 0 radical (unpaired) electrons. The third-order valence-corrected chi connectivity index (χ3v) is 4.99. The Kier molecular flexibility index (Phi) is 5.68. The average Bonchev–Trinajstić information content (AvgIpc) is 2.94. The van der Waals surface area contributed by atoms with E-state index in [9.17, 15) is 9.59 Å². The van der Waals surface area contributed by atoms with Gasteiger partial charge in [0.2, 0.25) is 0 Å². The summed E-state index contributed by atoms with van der Waals surface area (Å²) >= 11 is 0. The summed E-state index contributed by atoms with van der Waals surface area (Å²) < 4.78 is 15.9. The molecule has 0 N–H and O–H groups in total. The third kappa shape index (κ3) is 4.16. The summed E-state index contributed by atoms with van der Waals surface area (Å²) in [5, 5.41) is 4.69. The smallest absolute Gasteiger partial charge is 0.336 e. The Bertz CT molecular complexity index is 1050. The minimum Gasteiger partial charge on any atom is -0.461 e. The van der Waals surface area contributed by atoms with Crippen molar-refractivity contribution in [1.82, 2.24) is 5.16 Å².